The van der Waals surface area contributed by atoms with Gasteiger partial charge in [-0.2, -0.15) is 0 Å². The highest BCUT2D eigenvalue weighted by molar-refractivity contribution is 5.77. The average molecular weight is 289 g/mol. The van der Waals surface area contributed by atoms with Crippen molar-refractivity contribution in [2.45, 2.75) is 38.2 Å². The summed E-state index contributed by atoms with van der Waals surface area (Å²) in [5.74, 6) is 1.06. The predicted octanol–water partition coefficient (Wildman–Crippen LogP) is 1.78. The Morgan fingerprint density at radius 3 is 2.90 bits per heavy atom. The first-order chi connectivity index (χ1) is 10.1. The van der Waals surface area contributed by atoms with Crippen LogP contribution in [0.3, 0.4) is 0 Å². The molecule has 1 fully saturated rings. The highest BCUT2D eigenvalue weighted by atomic mass is 16.5. The molecular formula is C17H23NO3. The van der Waals surface area contributed by atoms with Gasteiger partial charge in [0.1, 0.15) is 5.75 Å². The van der Waals surface area contributed by atoms with Gasteiger partial charge in [0.05, 0.1) is 6.10 Å². The molecule has 1 aromatic rings. The zero-order valence-corrected chi connectivity index (χ0v) is 12.5. The molecule has 2 aliphatic carbocycles. The topological polar surface area (TPSA) is 49.8 Å². The maximum Gasteiger partial charge on any atom is 0.260 e. The van der Waals surface area contributed by atoms with Crippen molar-refractivity contribution in [1.29, 1.82) is 0 Å². The molecular weight excluding hydrogens is 266 g/mol. The van der Waals surface area contributed by atoms with Gasteiger partial charge in [-0.1, -0.05) is 6.07 Å². The van der Waals surface area contributed by atoms with Crippen LogP contribution in [0.4, 0.5) is 0 Å². The maximum absolute atomic E-state index is 12.0. The smallest absolute Gasteiger partial charge is 0.260 e. The number of carbonyl (C=O) groups excluding carboxylic acids is 1. The van der Waals surface area contributed by atoms with Crippen LogP contribution in [-0.2, 0) is 17.6 Å². The predicted molar refractivity (Wildman–Crippen MR) is 80.3 cm³/mol. The molecule has 0 saturated heterocycles. The SMILES string of the molecule is CN(CC(O)C1CC1)C(=O)COc1ccc2c(c1)CCC2. The van der Waals surface area contributed by atoms with Gasteiger partial charge in [-0.05, 0) is 61.3 Å². The largest absolute Gasteiger partial charge is 0.484 e. The summed E-state index contributed by atoms with van der Waals surface area (Å²) in [4.78, 5) is 13.6. The van der Waals surface area contributed by atoms with E-state index in [1.807, 2.05) is 6.07 Å². The van der Waals surface area contributed by atoms with Gasteiger partial charge >= 0.3 is 0 Å². The van der Waals surface area contributed by atoms with E-state index < -0.39 is 0 Å². The second-order valence-corrected chi connectivity index (χ2v) is 6.25. The summed E-state index contributed by atoms with van der Waals surface area (Å²) in [6.07, 6.45) is 5.23. The van der Waals surface area contributed by atoms with Crippen LogP contribution in [0.2, 0.25) is 0 Å². The fourth-order valence-corrected chi connectivity index (χ4v) is 2.91. The molecule has 1 atom stereocenters. The summed E-state index contributed by atoms with van der Waals surface area (Å²) in [6, 6.07) is 6.09. The summed E-state index contributed by atoms with van der Waals surface area (Å²) < 4.78 is 5.60. The monoisotopic (exact) mass is 289 g/mol. The lowest BCUT2D eigenvalue weighted by atomic mass is 10.1. The zero-order chi connectivity index (χ0) is 14.8. The van der Waals surface area contributed by atoms with Crippen LogP contribution in [0.5, 0.6) is 5.75 Å². The summed E-state index contributed by atoms with van der Waals surface area (Å²) >= 11 is 0. The minimum atomic E-state index is -0.390. The van der Waals surface area contributed by atoms with Gasteiger partial charge in [-0.3, -0.25) is 4.79 Å². The molecule has 21 heavy (non-hydrogen) atoms. The third-order valence-corrected chi connectivity index (χ3v) is 4.49. The van der Waals surface area contributed by atoms with Gasteiger partial charge in [0.25, 0.3) is 5.91 Å². The summed E-state index contributed by atoms with van der Waals surface area (Å²) in [6.45, 7) is 0.434. The maximum atomic E-state index is 12.0. The Balaban J connectivity index is 1.48. The number of fused-ring (bicyclic) bond motifs is 1. The van der Waals surface area contributed by atoms with Crippen molar-refractivity contribution in [3.8, 4) is 5.75 Å². The molecule has 1 unspecified atom stereocenters. The molecule has 1 N–H and O–H groups in total. The summed E-state index contributed by atoms with van der Waals surface area (Å²) in [5, 5.41) is 9.86. The molecule has 4 heteroatoms. The highest BCUT2D eigenvalue weighted by Crippen LogP contribution is 2.32. The molecule has 1 aromatic carbocycles. The van der Waals surface area contributed by atoms with Gasteiger partial charge in [-0.15, -0.1) is 0 Å². The number of carbonyl (C=O) groups is 1. The first-order valence-corrected chi connectivity index (χ1v) is 7.80. The molecule has 0 heterocycles. The number of aliphatic hydroxyl groups excluding tert-OH is 1. The van der Waals surface area contributed by atoms with Gasteiger partial charge in [-0.25, -0.2) is 0 Å². The minimum Gasteiger partial charge on any atom is -0.484 e. The van der Waals surface area contributed by atoms with Gasteiger partial charge in [0.15, 0.2) is 6.61 Å². The molecule has 0 aromatic heterocycles. The summed E-state index contributed by atoms with van der Waals surface area (Å²) in [5.41, 5.74) is 2.75. The fourth-order valence-electron chi connectivity index (χ4n) is 2.91. The zero-order valence-electron chi connectivity index (χ0n) is 12.5. The van der Waals surface area contributed by atoms with Crippen molar-refractivity contribution in [2.24, 2.45) is 5.92 Å². The Kier molecular flexibility index (Phi) is 4.15. The standard InChI is InChI=1S/C17H23NO3/c1-18(10-16(19)13-5-6-13)17(20)11-21-15-8-7-12-3-2-4-14(12)9-15/h7-9,13,16,19H,2-6,10-11H2,1H3. The van der Waals surface area contributed by atoms with Crippen LogP contribution < -0.4 is 4.74 Å². The van der Waals surface area contributed by atoms with Crippen molar-refractivity contribution >= 4 is 5.91 Å². The normalized spacial score (nSPS) is 18.2. The van der Waals surface area contributed by atoms with E-state index in [-0.39, 0.29) is 18.6 Å². The molecule has 114 valence electrons. The molecule has 0 radical (unpaired) electrons. The second-order valence-electron chi connectivity index (χ2n) is 6.25. The molecule has 2 aliphatic rings. The first kappa shape index (κ1) is 14.4. The van der Waals surface area contributed by atoms with Crippen molar-refractivity contribution in [3.63, 3.8) is 0 Å². The average Bonchev–Trinajstić information content (AvgIpc) is 3.23. The second kappa shape index (κ2) is 6.06. The van der Waals surface area contributed by atoms with Crippen molar-refractivity contribution in [2.75, 3.05) is 20.2 Å². The van der Waals surface area contributed by atoms with Crippen LogP contribution in [0.1, 0.15) is 30.4 Å². The number of hydrogen-bond acceptors (Lipinski definition) is 3. The number of nitrogens with zero attached hydrogens (tertiary/aromatic N) is 1. The van der Waals surface area contributed by atoms with E-state index in [0.717, 1.165) is 31.4 Å². The third kappa shape index (κ3) is 3.56. The van der Waals surface area contributed by atoms with E-state index in [2.05, 4.69) is 12.1 Å². The lowest BCUT2D eigenvalue weighted by Gasteiger charge is -2.20. The lowest BCUT2D eigenvalue weighted by Crippen LogP contribution is -2.37. The Bertz CT molecular complexity index is 525. The Labute approximate surface area is 125 Å². The Morgan fingerprint density at radius 1 is 1.38 bits per heavy atom. The molecule has 0 aliphatic heterocycles. The number of rotatable bonds is 6. The van der Waals surface area contributed by atoms with E-state index >= 15 is 0 Å². The van der Waals surface area contributed by atoms with E-state index in [0.29, 0.717) is 12.5 Å². The highest BCUT2D eigenvalue weighted by Gasteiger charge is 2.31. The van der Waals surface area contributed by atoms with Crippen LogP contribution in [-0.4, -0.2) is 42.2 Å². The molecule has 4 nitrogen and oxygen atoms in total. The van der Waals surface area contributed by atoms with Crippen molar-refractivity contribution in [1.82, 2.24) is 4.90 Å². The van der Waals surface area contributed by atoms with E-state index in [1.165, 1.54) is 17.5 Å². The van der Waals surface area contributed by atoms with E-state index in [1.54, 1.807) is 11.9 Å². The minimum absolute atomic E-state index is 0.0344. The van der Waals surface area contributed by atoms with Crippen LogP contribution in [0.25, 0.3) is 0 Å². The molecule has 3 rings (SSSR count). The number of aliphatic hydroxyl groups is 1. The van der Waals surface area contributed by atoms with Gasteiger partial charge in [0, 0.05) is 13.6 Å². The lowest BCUT2D eigenvalue weighted by molar-refractivity contribution is -0.133. The Hall–Kier alpha value is -1.55. The molecule has 0 spiro atoms. The van der Waals surface area contributed by atoms with Crippen LogP contribution >= 0.6 is 0 Å². The Morgan fingerprint density at radius 2 is 2.14 bits per heavy atom. The van der Waals surface area contributed by atoms with E-state index in [9.17, 15) is 9.90 Å². The number of hydrogen-bond donors (Lipinski definition) is 1. The molecule has 1 amide bonds. The number of benzene rings is 1. The van der Waals surface area contributed by atoms with Crippen molar-refractivity contribution in [3.05, 3.63) is 29.3 Å². The number of ether oxygens (including phenoxy) is 1. The number of aryl methyl sites for hydroxylation is 2. The van der Waals surface area contributed by atoms with Gasteiger partial charge in [0.2, 0.25) is 0 Å². The van der Waals surface area contributed by atoms with Crippen LogP contribution in [0.15, 0.2) is 18.2 Å². The third-order valence-electron chi connectivity index (χ3n) is 4.49. The number of likely N-dealkylation sites (N-methyl/N-ethyl adjacent to an activating group) is 1. The van der Waals surface area contributed by atoms with Crippen molar-refractivity contribution < 1.29 is 14.6 Å². The molecule has 1 saturated carbocycles. The first-order valence-electron chi connectivity index (χ1n) is 7.80. The number of amides is 1. The van der Waals surface area contributed by atoms with Gasteiger partial charge < -0.3 is 14.7 Å². The summed E-state index contributed by atoms with van der Waals surface area (Å²) in [7, 11) is 1.72. The van der Waals surface area contributed by atoms with Crippen LogP contribution in [0, 0.1) is 5.92 Å². The fraction of sp³-hybridized carbons (Fsp3) is 0.588. The molecule has 0 bridgehead atoms. The van der Waals surface area contributed by atoms with E-state index in [4.69, 9.17) is 4.74 Å². The quantitative estimate of drug-likeness (QED) is 0.868.